The van der Waals surface area contributed by atoms with Gasteiger partial charge in [-0.3, -0.25) is 0 Å². The van der Waals surface area contributed by atoms with Crippen molar-refractivity contribution in [2.75, 3.05) is 19.0 Å². The van der Waals surface area contributed by atoms with Gasteiger partial charge in [0.2, 0.25) is 0 Å². The van der Waals surface area contributed by atoms with Gasteiger partial charge in [-0.25, -0.2) is 0 Å². The van der Waals surface area contributed by atoms with Crippen LogP contribution in [-0.4, -0.2) is 28.0 Å². The average Bonchev–Trinajstić information content (AvgIpc) is 2.15. The number of methoxy groups -OCH3 is 1. The van der Waals surface area contributed by atoms with Crippen molar-refractivity contribution >= 4 is 33.1 Å². The highest BCUT2D eigenvalue weighted by Gasteiger charge is 2.24. The molecule has 0 saturated heterocycles. The molecule has 1 heterocycles. The molecule has 0 fully saturated rings. The minimum atomic E-state index is -3.64. The lowest BCUT2D eigenvalue weighted by Gasteiger charge is -2.17. The first-order valence-corrected chi connectivity index (χ1v) is 6.24. The van der Waals surface area contributed by atoms with E-state index >= 15 is 0 Å². The summed E-state index contributed by atoms with van der Waals surface area (Å²) in [5.74, 6) is 0.247. The van der Waals surface area contributed by atoms with Crippen LogP contribution in [0.3, 0.4) is 0 Å². The van der Waals surface area contributed by atoms with Gasteiger partial charge in [-0.2, -0.15) is 8.42 Å². The molecule has 1 aromatic carbocycles. The summed E-state index contributed by atoms with van der Waals surface area (Å²) in [5.41, 5.74) is 0.426. The SMILES string of the molecule is COCC1=NS(=O)(=O)c2ccc(Cl)cc2N1. The molecule has 5 nitrogen and oxygen atoms in total. The fourth-order valence-corrected chi connectivity index (χ4v) is 2.68. The third kappa shape index (κ3) is 2.04. The van der Waals surface area contributed by atoms with Crippen LogP contribution in [-0.2, 0) is 14.8 Å². The summed E-state index contributed by atoms with van der Waals surface area (Å²) in [6.07, 6.45) is 0. The van der Waals surface area contributed by atoms with Gasteiger partial charge in [0.05, 0.1) is 5.69 Å². The molecule has 0 aliphatic carbocycles. The number of nitrogens with zero attached hydrogens (tertiary/aromatic N) is 1. The molecule has 86 valence electrons. The Balaban J connectivity index is 2.52. The standard InChI is InChI=1S/C9H9ClN2O3S/c1-15-5-9-11-7-4-6(10)2-3-8(7)16(13,14)12-9/h2-4H,5H2,1H3,(H,11,12). The fourth-order valence-electron chi connectivity index (χ4n) is 1.40. The molecule has 0 unspecified atom stereocenters. The number of hydrogen-bond acceptors (Lipinski definition) is 4. The minimum Gasteiger partial charge on any atom is -0.377 e. The number of fused-ring (bicyclic) bond motifs is 1. The molecule has 7 heteroatoms. The van der Waals surface area contributed by atoms with Crippen molar-refractivity contribution in [2.45, 2.75) is 4.90 Å². The van der Waals surface area contributed by atoms with E-state index < -0.39 is 10.0 Å². The monoisotopic (exact) mass is 260 g/mol. The van der Waals surface area contributed by atoms with Gasteiger partial charge in [-0.15, -0.1) is 4.40 Å². The van der Waals surface area contributed by atoms with Gasteiger partial charge in [0.1, 0.15) is 17.3 Å². The van der Waals surface area contributed by atoms with Crippen molar-refractivity contribution in [3.05, 3.63) is 23.2 Å². The quantitative estimate of drug-likeness (QED) is 0.875. The lowest BCUT2D eigenvalue weighted by molar-refractivity contribution is 0.245. The number of ether oxygens (including phenoxy) is 1. The van der Waals surface area contributed by atoms with Crippen molar-refractivity contribution in [3.8, 4) is 0 Å². The predicted octanol–water partition coefficient (Wildman–Crippen LogP) is 1.50. The Morgan fingerprint density at radius 3 is 2.94 bits per heavy atom. The van der Waals surface area contributed by atoms with Crippen LogP contribution in [0.2, 0.25) is 5.02 Å². The van der Waals surface area contributed by atoms with Gasteiger partial charge in [0, 0.05) is 12.1 Å². The lowest BCUT2D eigenvalue weighted by Crippen LogP contribution is -2.25. The van der Waals surface area contributed by atoms with Crippen LogP contribution in [0.5, 0.6) is 0 Å². The lowest BCUT2D eigenvalue weighted by atomic mass is 10.3. The molecule has 0 amide bonds. The van der Waals surface area contributed by atoms with Crippen LogP contribution in [0.15, 0.2) is 27.5 Å². The van der Waals surface area contributed by atoms with E-state index in [-0.39, 0.29) is 17.3 Å². The summed E-state index contributed by atoms with van der Waals surface area (Å²) >= 11 is 5.79. The van der Waals surface area contributed by atoms with Gasteiger partial charge >= 0.3 is 0 Å². The first kappa shape index (κ1) is 11.4. The fraction of sp³-hybridized carbons (Fsp3) is 0.222. The summed E-state index contributed by atoms with van der Waals surface area (Å²) < 4.78 is 31.9. The Bertz CT molecular complexity index is 554. The molecular formula is C9H9ClN2O3S. The molecule has 1 aliphatic rings. The van der Waals surface area contributed by atoms with E-state index in [1.165, 1.54) is 19.2 Å². The summed E-state index contributed by atoms with van der Waals surface area (Å²) in [4.78, 5) is 0.122. The van der Waals surface area contributed by atoms with E-state index in [0.29, 0.717) is 10.7 Å². The van der Waals surface area contributed by atoms with E-state index in [1.54, 1.807) is 6.07 Å². The Hall–Kier alpha value is -1.11. The van der Waals surface area contributed by atoms with Crippen LogP contribution in [0.25, 0.3) is 0 Å². The number of halogens is 1. The largest absolute Gasteiger partial charge is 0.377 e. The van der Waals surface area contributed by atoms with E-state index in [2.05, 4.69) is 9.71 Å². The summed E-state index contributed by atoms with van der Waals surface area (Å²) in [5, 5.41) is 3.31. The van der Waals surface area contributed by atoms with Gasteiger partial charge in [-0.05, 0) is 18.2 Å². The number of hydrogen-bond donors (Lipinski definition) is 1. The zero-order chi connectivity index (χ0) is 11.8. The molecular weight excluding hydrogens is 252 g/mol. The third-order valence-electron chi connectivity index (χ3n) is 2.01. The first-order valence-electron chi connectivity index (χ1n) is 4.42. The minimum absolute atomic E-state index is 0.102. The zero-order valence-corrected chi connectivity index (χ0v) is 9.97. The van der Waals surface area contributed by atoms with Gasteiger partial charge in [0.25, 0.3) is 10.0 Å². The second-order valence-electron chi connectivity index (χ2n) is 3.21. The molecule has 0 aromatic heterocycles. The molecule has 1 aromatic rings. The van der Waals surface area contributed by atoms with Crippen LogP contribution in [0.1, 0.15) is 0 Å². The van der Waals surface area contributed by atoms with Crippen LogP contribution in [0.4, 0.5) is 5.69 Å². The number of benzene rings is 1. The Kier molecular flexibility index (Phi) is 2.88. The summed E-state index contributed by atoms with van der Waals surface area (Å²) in [6, 6.07) is 4.47. The summed E-state index contributed by atoms with van der Waals surface area (Å²) in [6.45, 7) is 0.102. The van der Waals surface area contributed by atoms with Crippen LogP contribution < -0.4 is 5.32 Å². The maximum atomic E-state index is 11.7. The van der Waals surface area contributed by atoms with Gasteiger partial charge in [-0.1, -0.05) is 11.6 Å². The van der Waals surface area contributed by atoms with E-state index in [9.17, 15) is 8.42 Å². The highest BCUT2D eigenvalue weighted by Crippen LogP contribution is 2.29. The maximum absolute atomic E-state index is 11.7. The number of nitrogens with one attached hydrogen (secondary N) is 1. The van der Waals surface area contributed by atoms with E-state index in [0.717, 1.165) is 0 Å². The smallest absolute Gasteiger partial charge is 0.286 e. The zero-order valence-electron chi connectivity index (χ0n) is 8.40. The second kappa shape index (κ2) is 4.04. The first-order chi connectivity index (χ1) is 7.53. The van der Waals surface area contributed by atoms with Crippen molar-refractivity contribution in [2.24, 2.45) is 4.40 Å². The van der Waals surface area contributed by atoms with Gasteiger partial charge < -0.3 is 10.1 Å². The Morgan fingerprint density at radius 2 is 2.25 bits per heavy atom. The molecule has 0 radical (unpaired) electrons. The van der Waals surface area contributed by atoms with Crippen molar-refractivity contribution < 1.29 is 13.2 Å². The maximum Gasteiger partial charge on any atom is 0.286 e. The van der Waals surface area contributed by atoms with Crippen molar-refractivity contribution in [3.63, 3.8) is 0 Å². The molecule has 1 N–H and O–H groups in total. The van der Waals surface area contributed by atoms with E-state index in [1.807, 2.05) is 0 Å². The molecule has 0 bridgehead atoms. The second-order valence-corrected chi connectivity index (χ2v) is 5.22. The molecule has 0 saturated carbocycles. The molecule has 16 heavy (non-hydrogen) atoms. The highest BCUT2D eigenvalue weighted by atomic mass is 35.5. The topological polar surface area (TPSA) is 67.8 Å². The average molecular weight is 261 g/mol. The molecule has 2 rings (SSSR count). The number of rotatable bonds is 2. The molecule has 0 spiro atoms. The summed E-state index contributed by atoms with van der Waals surface area (Å²) in [7, 11) is -2.18. The van der Waals surface area contributed by atoms with E-state index in [4.69, 9.17) is 16.3 Å². The number of anilines is 1. The van der Waals surface area contributed by atoms with Crippen molar-refractivity contribution in [1.29, 1.82) is 0 Å². The number of amidine groups is 1. The Labute approximate surface area is 98.1 Å². The Morgan fingerprint density at radius 1 is 1.50 bits per heavy atom. The molecule has 1 aliphatic heterocycles. The van der Waals surface area contributed by atoms with Gasteiger partial charge in [0.15, 0.2) is 0 Å². The molecule has 0 atom stereocenters. The van der Waals surface area contributed by atoms with Crippen molar-refractivity contribution in [1.82, 2.24) is 0 Å². The third-order valence-corrected chi connectivity index (χ3v) is 3.62. The highest BCUT2D eigenvalue weighted by molar-refractivity contribution is 7.90. The van der Waals surface area contributed by atoms with Crippen LogP contribution >= 0.6 is 11.6 Å². The normalized spacial score (nSPS) is 17.2. The van der Waals surface area contributed by atoms with Crippen LogP contribution in [0, 0.1) is 0 Å². The number of sulfonamides is 1. The predicted molar refractivity (Wildman–Crippen MR) is 61.6 cm³/mol.